The van der Waals surface area contributed by atoms with Crippen molar-refractivity contribution in [2.45, 2.75) is 13.0 Å². The smallest absolute Gasteiger partial charge is 0.266 e. The fourth-order valence-corrected chi connectivity index (χ4v) is 1.56. The van der Waals surface area contributed by atoms with Gasteiger partial charge in [-0.2, -0.15) is 0 Å². The van der Waals surface area contributed by atoms with E-state index in [0.717, 1.165) is 0 Å². The lowest BCUT2D eigenvalue weighted by Gasteiger charge is -2.14. The molecular weight excluding hydrogens is 264 g/mol. The Morgan fingerprint density at radius 2 is 2.00 bits per heavy atom. The van der Waals surface area contributed by atoms with E-state index < -0.39 is 6.10 Å². The van der Waals surface area contributed by atoms with Crippen molar-refractivity contribution in [3.63, 3.8) is 0 Å². The predicted molar refractivity (Wildman–Crippen MR) is 74.4 cm³/mol. The Kier molecular flexibility index (Phi) is 4.36. The first-order valence-corrected chi connectivity index (χ1v) is 6.17. The van der Waals surface area contributed by atoms with Gasteiger partial charge in [0.25, 0.3) is 5.91 Å². The topological polar surface area (TPSA) is 51.2 Å². The number of carbonyl (C=O) groups is 1. The molecule has 0 saturated carbocycles. The number of carbonyl (C=O) groups excluding carboxylic acids is 1. The van der Waals surface area contributed by atoms with Gasteiger partial charge in [-0.1, -0.05) is 17.7 Å². The summed E-state index contributed by atoms with van der Waals surface area (Å²) in [4.78, 5) is 15.9. The fraction of sp³-hybridized carbons (Fsp3) is 0.143. The molecule has 1 N–H and O–H groups in total. The van der Waals surface area contributed by atoms with Gasteiger partial charge in [-0.05, 0) is 43.3 Å². The van der Waals surface area contributed by atoms with Crippen LogP contribution in [0, 0.1) is 0 Å². The number of aromatic nitrogens is 1. The Hall–Kier alpha value is -2.07. The molecule has 2 rings (SSSR count). The van der Waals surface area contributed by atoms with Crippen LogP contribution in [0.1, 0.15) is 6.92 Å². The highest BCUT2D eigenvalue weighted by Gasteiger charge is 2.15. The Morgan fingerprint density at radius 1 is 1.26 bits per heavy atom. The van der Waals surface area contributed by atoms with Gasteiger partial charge >= 0.3 is 0 Å². The van der Waals surface area contributed by atoms with Gasteiger partial charge in [0.05, 0.1) is 0 Å². The molecule has 0 aliphatic heterocycles. The van der Waals surface area contributed by atoms with Crippen molar-refractivity contribution >= 4 is 23.3 Å². The van der Waals surface area contributed by atoms with E-state index in [-0.39, 0.29) is 5.91 Å². The SMILES string of the molecule is CC(Oc1ccc(Cl)cc1)C(=O)Nc1ccccn1. The van der Waals surface area contributed by atoms with Crippen molar-refractivity contribution in [2.75, 3.05) is 5.32 Å². The molecule has 1 aromatic carbocycles. The summed E-state index contributed by atoms with van der Waals surface area (Å²) in [5.41, 5.74) is 0. The number of hydrogen-bond acceptors (Lipinski definition) is 3. The van der Waals surface area contributed by atoms with Crippen LogP contribution >= 0.6 is 11.6 Å². The summed E-state index contributed by atoms with van der Waals surface area (Å²) in [7, 11) is 0. The summed E-state index contributed by atoms with van der Waals surface area (Å²) in [5.74, 6) is 0.834. The molecule has 19 heavy (non-hydrogen) atoms. The van der Waals surface area contributed by atoms with E-state index >= 15 is 0 Å². The predicted octanol–water partition coefficient (Wildman–Crippen LogP) is 3.14. The van der Waals surface area contributed by atoms with Crippen molar-refractivity contribution in [1.29, 1.82) is 0 Å². The normalized spacial score (nSPS) is 11.7. The van der Waals surface area contributed by atoms with Crippen LogP contribution in [-0.4, -0.2) is 17.0 Å². The molecule has 0 aliphatic carbocycles. The van der Waals surface area contributed by atoms with Crippen molar-refractivity contribution in [1.82, 2.24) is 4.98 Å². The Balaban J connectivity index is 1.94. The highest BCUT2D eigenvalue weighted by Crippen LogP contribution is 2.17. The minimum atomic E-state index is -0.622. The number of benzene rings is 1. The van der Waals surface area contributed by atoms with E-state index in [2.05, 4.69) is 10.3 Å². The molecule has 4 nitrogen and oxygen atoms in total. The van der Waals surface area contributed by atoms with Gasteiger partial charge in [0.15, 0.2) is 6.10 Å². The highest BCUT2D eigenvalue weighted by atomic mass is 35.5. The van der Waals surface area contributed by atoms with E-state index in [9.17, 15) is 4.79 Å². The lowest BCUT2D eigenvalue weighted by atomic mass is 10.3. The van der Waals surface area contributed by atoms with Crippen molar-refractivity contribution in [3.05, 3.63) is 53.7 Å². The van der Waals surface area contributed by atoms with Crippen LogP contribution in [-0.2, 0) is 4.79 Å². The van der Waals surface area contributed by atoms with Gasteiger partial charge in [-0.15, -0.1) is 0 Å². The Labute approximate surface area is 116 Å². The number of nitrogens with zero attached hydrogens (tertiary/aromatic N) is 1. The lowest BCUT2D eigenvalue weighted by Crippen LogP contribution is -2.30. The van der Waals surface area contributed by atoms with Crippen LogP contribution < -0.4 is 10.1 Å². The van der Waals surface area contributed by atoms with Crippen LogP contribution in [0.3, 0.4) is 0 Å². The zero-order valence-electron chi connectivity index (χ0n) is 10.3. The van der Waals surface area contributed by atoms with Gasteiger partial charge in [-0.25, -0.2) is 4.98 Å². The average molecular weight is 277 g/mol. The average Bonchev–Trinajstić information content (AvgIpc) is 2.42. The summed E-state index contributed by atoms with van der Waals surface area (Å²) in [6, 6.07) is 12.1. The number of hydrogen-bond donors (Lipinski definition) is 1. The monoisotopic (exact) mass is 276 g/mol. The largest absolute Gasteiger partial charge is 0.481 e. The quantitative estimate of drug-likeness (QED) is 0.933. The fourth-order valence-electron chi connectivity index (χ4n) is 1.44. The van der Waals surface area contributed by atoms with E-state index in [0.29, 0.717) is 16.6 Å². The molecule has 1 heterocycles. The third kappa shape index (κ3) is 3.96. The maximum absolute atomic E-state index is 11.9. The molecular formula is C14H13ClN2O2. The Morgan fingerprint density at radius 3 is 2.63 bits per heavy atom. The molecule has 98 valence electrons. The van der Waals surface area contributed by atoms with Gasteiger partial charge < -0.3 is 10.1 Å². The van der Waals surface area contributed by atoms with Gasteiger partial charge in [0, 0.05) is 11.2 Å². The molecule has 0 bridgehead atoms. The maximum atomic E-state index is 11.9. The van der Waals surface area contributed by atoms with Crippen molar-refractivity contribution < 1.29 is 9.53 Å². The summed E-state index contributed by atoms with van der Waals surface area (Å²) in [6.07, 6.45) is 0.989. The molecule has 0 fully saturated rings. The molecule has 0 saturated heterocycles. The van der Waals surface area contributed by atoms with Crippen LogP contribution in [0.2, 0.25) is 5.02 Å². The number of halogens is 1. The summed E-state index contributed by atoms with van der Waals surface area (Å²) in [5, 5.41) is 3.30. The second kappa shape index (κ2) is 6.20. The van der Waals surface area contributed by atoms with Gasteiger partial charge in [-0.3, -0.25) is 4.79 Å². The minimum Gasteiger partial charge on any atom is -0.481 e. The van der Waals surface area contributed by atoms with Gasteiger partial charge in [0.2, 0.25) is 0 Å². The molecule has 0 aliphatic rings. The third-order valence-electron chi connectivity index (χ3n) is 2.41. The molecule has 2 aromatic rings. The van der Waals surface area contributed by atoms with Crippen LogP contribution in [0.5, 0.6) is 5.75 Å². The van der Waals surface area contributed by atoms with Crippen LogP contribution in [0.4, 0.5) is 5.82 Å². The number of pyridine rings is 1. The number of amides is 1. The molecule has 1 amide bonds. The molecule has 1 aromatic heterocycles. The number of rotatable bonds is 4. The molecule has 1 atom stereocenters. The first kappa shape index (κ1) is 13.4. The molecule has 0 radical (unpaired) electrons. The maximum Gasteiger partial charge on any atom is 0.266 e. The van der Waals surface area contributed by atoms with E-state index in [4.69, 9.17) is 16.3 Å². The van der Waals surface area contributed by atoms with E-state index in [1.54, 1.807) is 55.6 Å². The van der Waals surface area contributed by atoms with Crippen LogP contribution in [0.25, 0.3) is 0 Å². The first-order chi connectivity index (χ1) is 9.15. The van der Waals surface area contributed by atoms with Crippen LogP contribution in [0.15, 0.2) is 48.7 Å². The standard InChI is InChI=1S/C14H13ClN2O2/c1-10(19-12-7-5-11(15)6-8-12)14(18)17-13-4-2-3-9-16-13/h2-10H,1H3,(H,16,17,18). The van der Waals surface area contributed by atoms with E-state index in [1.165, 1.54) is 0 Å². The molecule has 1 unspecified atom stereocenters. The summed E-state index contributed by atoms with van der Waals surface area (Å²) >= 11 is 5.77. The second-order valence-electron chi connectivity index (χ2n) is 3.92. The van der Waals surface area contributed by atoms with Crippen molar-refractivity contribution in [3.8, 4) is 5.75 Å². The van der Waals surface area contributed by atoms with Crippen molar-refractivity contribution in [2.24, 2.45) is 0 Å². The third-order valence-corrected chi connectivity index (χ3v) is 2.66. The lowest BCUT2D eigenvalue weighted by molar-refractivity contribution is -0.122. The number of nitrogens with one attached hydrogen (secondary N) is 1. The zero-order chi connectivity index (χ0) is 13.7. The summed E-state index contributed by atoms with van der Waals surface area (Å²) in [6.45, 7) is 1.67. The second-order valence-corrected chi connectivity index (χ2v) is 4.35. The highest BCUT2D eigenvalue weighted by molar-refractivity contribution is 6.30. The minimum absolute atomic E-state index is 0.256. The molecule has 5 heteroatoms. The number of anilines is 1. The molecule has 0 spiro atoms. The van der Waals surface area contributed by atoms with Gasteiger partial charge in [0.1, 0.15) is 11.6 Å². The Bertz CT molecular complexity index is 543. The van der Waals surface area contributed by atoms with E-state index in [1.807, 2.05) is 0 Å². The summed E-state index contributed by atoms with van der Waals surface area (Å²) < 4.78 is 5.50. The number of ether oxygens (including phenoxy) is 1. The zero-order valence-corrected chi connectivity index (χ0v) is 11.1. The first-order valence-electron chi connectivity index (χ1n) is 5.79.